The van der Waals surface area contributed by atoms with Gasteiger partial charge in [0.15, 0.2) is 0 Å². The Morgan fingerprint density at radius 2 is 2.00 bits per heavy atom. The molecule has 1 fully saturated rings. The lowest BCUT2D eigenvalue weighted by Gasteiger charge is -2.22. The molecule has 1 aliphatic rings. The van der Waals surface area contributed by atoms with Crippen LogP contribution < -0.4 is 0 Å². The number of hydrogen-bond acceptors (Lipinski definition) is 2. The van der Waals surface area contributed by atoms with Crippen molar-refractivity contribution >= 4 is 11.9 Å². The topological polar surface area (TPSA) is 57.6 Å². The average molecular weight is 185 g/mol. The molecule has 0 aromatic heterocycles. The maximum Gasteiger partial charge on any atom is 0.394 e. The minimum atomic E-state index is -1.36. The van der Waals surface area contributed by atoms with Gasteiger partial charge >= 0.3 is 11.9 Å². The van der Waals surface area contributed by atoms with E-state index in [1.54, 1.807) is 7.05 Å². The van der Waals surface area contributed by atoms with Crippen LogP contribution in [-0.2, 0) is 9.59 Å². The summed E-state index contributed by atoms with van der Waals surface area (Å²) in [6.45, 7) is 2.12. The molecule has 2 unspecified atom stereocenters. The fourth-order valence-corrected chi connectivity index (χ4v) is 1.85. The van der Waals surface area contributed by atoms with Gasteiger partial charge in [0.05, 0.1) is 0 Å². The Morgan fingerprint density at radius 1 is 1.38 bits per heavy atom. The number of carboxylic acid groups (broad SMARTS) is 1. The normalized spacial score (nSPS) is 27.2. The summed E-state index contributed by atoms with van der Waals surface area (Å²) in [7, 11) is 1.57. The molecule has 0 spiro atoms. The molecule has 2 atom stereocenters. The second-order valence-electron chi connectivity index (χ2n) is 3.79. The Morgan fingerprint density at radius 3 is 2.38 bits per heavy atom. The quantitative estimate of drug-likeness (QED) is 0.612. The molecule has 0 bridgehead atoms. The second-order valence-corrected chi connectivity index (χ2v) is 3.79. The van der Waals surface area contributed by atoms with Crippen molar-refractivity contribution < 1.29 is 14.7 Å². The standard InChI is InChI=1S/C9H15NO3/c1-6-3-4-7(5-6)10(2)8(11)9(12)13/h6-7H,3-5H2,1-2H3,(H,12,13). The van der Waals surface area contributed by atoms with E-state index < -0.39 is 11.9 Å². The van der Waals surface area contributed by atoms with Crippen LogP contribution >= 0.6 is 0 Å². The van der Waals surface area contributed by atoms with Crippen molar-refractivity contribution in [2.45, 2.75) is 32.2 Å². The summed E-state index contributed by atoms with van der Waals surface area (Å²) in [5, 5.41) is 8.49. The van der Waals surface area contributed by atoms with Crippen molar-refractivity contribution in [3.63, 3.8) is 0 Å². The molecule has 0 radical (unpaired) electrons. The monoisotopic (exact) mass is 185 g/mol. The first-order valence-electron chi connectivity index (χ1n) is 4.52. The van der Waals surface area contributed by atoms with E-state index in [-0.39, 0.29) is 6.04 Å². The summed E-state index contributed by atoms with van der Waals surface area (Å²) in [5.74, 6) is -1.55. The van der Waals surface area contributed by atoms with Gasteiger partial charge in [0.1, 0.15) is 0 Å². The number of hydrogen-bond donors (Lipinski definition) is 1. The van der Waals surface area contributed by atoms with Crippen LogP contribution in [0.3, 0.4) is 0 Å². The molecule has 4 heteroatoms. The van der Waals surface area contributed by atoms with Gasteiger partial charge in [-0.25, -0.2) is 4.79 Å². The van der Waals surface area contributed by atoms with Gasteiger partial charge in [-0.1, -0.05) is 6.92 Å². The Balaban J connectivity index is 2.53. The predicted octanol–water partition coefficient (Wildman–Crippen LogP) is 0.718. The summed E-state index contributed by atoms with van der Waals surface area (Å²) in [6.07, 6.45) is 2.94. The molecule has 0 aliphatic heterocycles. The van der Waals surface area contributed by atoms with Gasteiger partial charge in [0, 0.05) is 13.1 Å². The van der Waals surface area contributed by atoms with Crippen molar-refractivity contribution in [1.29, 1.82) is 0 Å². The lowest BCUT2D eigenvalue weighted by atomic mass is 10.1. The molecule has 1 aliphatic carbocycles. The molecular weight excluding hydrogens is 170 g/mol. The zero-order valence-corrected chi connectivity index (χ0v) is 7.99. The number of carbonyl (C=O) groups is 2. The summed E-state index contributed by atoms with van der Waals surface area (Å²) in [5.41, 5.74) is 0. The third kappa shape index (κ3) is 2.20. The summed E-state index contributed by atoms with van der Waals surface area (Å²) >= 11 is 0. The lowest BCUT2D eigenvalue weighted by molar-refractivity contribution is -0.156. The van der Waals surface area contributed by atoms with Gasteiger partial charge in [-0.15, -0.1) is 0 Å². The minimum absolute atomic E-state index is 0.124. The van der Waals surface area contributed by atoms with E-state index in [9.17, 15) is 9.59 Å². The van der Waals surface area contributed by atoms with E-state index in [0.29, 0.717) is 5.92 Å². The number of carbonyl (C=O) groups excluding carboxylic acids is 1. The van der Waals surface area contributed by atoms with E-state index in [2.05, 4.69) is 6.92 Å². The molecule has 4 nitrogen and oxygen atoms in total. The first-order valence-corrected chi connectivity index (χ1v) is 4.52. The smallest absolute Gasteiger partial charge is 0.394 e. The predicted molar refractivity (Wildman–Crippen MR) is 47.2 cm³/mol. The van der Waals surface area contributed by atoms with Crippen molar-refractivity contribution in [3.05, 3.63) is 0 Å². The van der Waals surface area contributed by atoms with Crippen LogP contribution in [0.1, 0.15) is 26.2 Å². The molecule has 0 heterocycles. The number of aliphatic carboxylic acids is 1. The van der Waals surface area contributed by atoms with Crippen LogP contribution in [0.15, 0.2) is 0 Å². The summed E-state index contributed by atoms with van der Waals surface area (Å²) in [4.78, 5) is 22.8. The zero-order chi connectivity index (χ0) is 10.0. The Labute approximate surface area is 77.5 Å². The van der Waals surface area contributed by atoms with E-state index in [0.717, 1.165) is 19.3 Å². The zero-order valence-electron chi connectivity index (χ0n) is 7.99. The number of rotatable bonds is 1. The molecule has 1 saturated carbocycles. The minimum Gasteiger partial charge on any atom is -0.474 e. The molecule has 1 amide bonds. The van der Waals surface area contributed by atoms with E-state index in [1.807, 2.05) is 0 Å². The highest BCUT2D eigenvalue weighted by Gasteiger charge is 2.30. The Hall–Kier alpha value is -1.06. The third-order valence-electron chi connectivity index (χ3n) is 2.72. The largest absolute Gasteiger partial charge is 0.474 e. The van der Waals surface area contributed by atoms with Crippen molar-refractivity contribution in [1.82, 2.24) is 4.90 Å². The Bertz CT molecular complexity index is 227. The molecular formula is C9H15NO3. The molecule has 0 aromatic rings. The van der Waals surface area contributed by atoms with Gasteiger partial charge in [-0.2, -0.15) is 0 Å². The maximum atomic E-state index is 11.1. The van der Waals surface area contributed by atoms with Crippen molar-refractivity contribution in [2.24, 2.45) is 5.92 Å². The lowest BCUT2D eigenvalue weighted by Crippen LogP contribution is -2.39. The van der Waals surface area contributed by atoms with Crippen molar-refractivity contribution in [3.8, 4) is 0 Å². The highest BCUT2D eigenvalue weighted by atomic mass is 16.4. The number of nitrogens with zero attached hydrogens (tertiary/aromatic N) is 1. The molecule has 1 N–H and O–H groups in total. The van der Waals surface area contributed by atoms with E-state index in [1.165, 1.54) is 4.90 Å². The van der Waals surface area contributed by atoms with Crippen LogP contribution in [0.25, 0.3) is 0 Å². The van der Waals surface area contributed by atoms with Crippen LogP contribution in [0.4, 0.5) is 0 Å². The highest BCUT2D eigenvalue weighted by molar-refractivity contribution is 6.31. The molecule has 13 heavy (non-hydrogen) atoms. The van der Waals surface area contributed by atoms with E-state index >= 15 is 0 Å². The van der Waals surface area contributed by atoms with Gasteiger partial charge in [0.25, 0.3) is 0 Å². The SMILES string of the molecule is CC1CCC(N(C)C(=O)C(=O)O)C1. The van der Waals surface area contributed by atoms with Crippen molar-refractivity contribution in [2.75, 3.05) is 7.05 Å². The first kappa shape index (κ1) is 10.0. The Kier molecular flexibility index (Phi) is 2.90. The highest BCUT2D eigenvalue weighted by Crippen LogP contribution is 2.27. The van der Waals surface area contributed by atoms with E-state index in [4.69, 9.17) is 5.11 Å². The molecule has 1 rings (SSSR count). The number of carboxylic acids is 1. The van der Waals surface area contributed by atoms with Crippen LogP contribution in [-0.4, -0.2) is 35.0 Å². The number of amides is 1. The molecule has 74 valence electrons. The van der Waals surface area contributed by atoms with Gasteiger partial charge in [-0.3, -0.25) is 4.79 Å². The third-order valence-corrected chi connectivity index (χ3v) is 2.72. The van der Waals surface area contributed by atoms with Gasteiger partial charge in [-0.05, 0) is 25.2 Å². The van der Waals surface area contributed by atoms with Crippen LogP contribution in [0, 0.1) is 5.92 Å². The molecule has 0 aromatic carbocycles. The maximum absolute atomic E-state index is 11.1. The second kappa shape index (κ2) is 3.77. The summed E-state index contributed by atoms with van der Waals surface area (Å²) < 4.78 is 0. The fraction of sp³-hybridized carbons (Fsp3) is 0.778. The number of likely N-dealkylation sites (N-methyl/N-ethyl adjacent to an activating group) is 1. The molecule has 0 saturated heterocycles. The van der Waals surface area contributed by atoms with Crippen LogP contribution in [0.5, 0.6) is 0 Å². The summed E-state index contributed by atoms with van der Waals surface area (Å²) in [6, 6.07) is 0.124. The van der Waals surface area contributed by atoms with Gasteiger partial charge < -0.3 is 10.0 Å². The first-order chi connectivity index (χ1) is 6.02. The van der Waals surface area contributed by atoms with Crippen LogP contribution in [0.2, 0.25) is 0 Å². The fourth-order valence-electron chi connectivity index (χ4n) is 1.85. The average Bonchev–Trinajstić information content (AvgIpc) is 2.49. The van der Waals surface area contributed by atoms with Gasteiger partial charge in [0.2, 0.25) is 0 Å².